The van der Waals surface area contributed by atoms with Crippen molar-refractivity contribution in [3.8, 4) is 17.6 Å². The van der Waals surface area contributed by atoms with Gasteiger partial charge in [-0.2, -0.15) is 0 Å². The summed E-state index contributed by atoms with van der Waals surface area (Å²) in [5.41, 5.74) is 3.47. The molecule has 0 bridgehead atoms. The van der Waals surface area contributed by atoms with E-state index in [1.165, 1.54) is 56.9 Å². The SMILES string of the molecule is C=CCOc1ccc(C#Cc2ccc(CCCCCCCCC)cc2)cc1. The Hall–Kier alpha value is -2.46. The van der Waals surface area contributed by atoms with Crippen LogP contribution in [0.15, 0.2) is 61.2 Å². The largest absolute Gasteiger partial charge is 0.490 e. The molecular weight excluding hydrogens is 328 g/mol. The minimum absolute atomic E-state index is 0.524. The van der Waals surface area contributed by atoms with E-state index in [1.807, 2.05) is 24.3 Å². The molecule has 0 saturated heterocycles. The van der Waals surface area contributed by atoms with Crippen LogP contribution in [0.5, 0.6) is 5.75 Å². The van der Waals surface area contributed by atoms with Gasteiger partial charge in [-0.1, -0.05) is 82.1 Å². The third kappa shape index (κ3) is 8.65. The average molecular weight is 361 g/mol. The maximum atomic E-state index is 5.48. The highest BCUT2D eigenvalue weighted by atomic mass is 16.5. The molecule has 0 fully saturated rings. The van der Waals surface area contributed by atoms with Crippen LogP contribution < -0.4 is 4.74 Å². The summed E-state index contributed by atoms with van der Waals surface area (Å²) in [6.07, 6.45) is 12.4. The van der Waals surface area contributed by atoms with Crippen LogP contribution in [0.4, 0.5) is 0 Å². The summed E-state index contributed by atoms with van der Waals surface area (Å²) < 4.78 is 5.48. The molecule has 0 amide bonds. The van der Waals surface area contributed by atoms with E-state index in [-0.39, 0.29) is 0 Å². The highest BCUT2D eigenvalue weighted by Gasteiger charge is 1.96. The number of benzene rings is 2. The van der Waals surface area contributed by atoms with E-state index in [2.05, 4.69) is 49.6 Å². The van der Waals surface area contributed by atoms with Gasteiger partial charge in [-0.3, -0.25) is 0 Å². The molecule has 1 heteroatoms. The summed E-state index contributed by atoms with van der Waals surface area (Å²) in [7, 11) is 0. The second kappa shape index (κ2) is 12.8. The highest BCUT2D eigenvalue weighted by Crippen LogP contribution is 2.13. The average Bonchev–Trinajstić information content (AvgIpc) is 2.71. The Bertz CT molecular complexity index is 714. The van der Waals surface area contributed by atoms with E-state index in [0.717, 1.165) is 16.9 Å². The van der Waals surface area contributed by atoms with Crippen LogP contribution in [0.2, 0.25) is 0 Å². The number of hydrogen-bond acceptors (Lipinski definition) is 1. The summed E-state index contributed by atoms with van der Waals surface area (Å²) in [6.45, 7) is 6.44. The van der Waals surface area contributed by atoms with E-state index < -0.39 is 0 Å². The van der Waals surface area contributed by atoms with Crippen LogP contribution >= 0.6 is 0 Å². The molecular formula is C26H32O. The van der Waals surface area contributed by atoms with Crippen molar-refractivity contribution in [1.29, 1.82) is 0 Å². The lowest BCUT2D eigenvalue weighted by atomic mass is 10.0. The zero-order valence-electron chi connectivity index (χ0n) is 16.7. The smallest absolute Gasteiger partial charge is 0.119 e. The van der Waals surface area contributed by atoms with Crippen molar-refractivity contribution < 1.29 is 4.74 Å². The fraction of sp³-hybridized carbons (Fsp3) is 0.385. The van der Waals surface area contributed by atoms with Crippen LogP contribution in [0.25, 0.3) is 0 Å². The molecule has 2 aromatic carbocycles. The van der Waals surface area contributed by atoms with Gasteiger partial charge in [-0.15, -0.1) is 0 Å². The first-order valence-corrected chi connectivity index (χ1v) is 10.3. The number of aryl methyl sites for hydroxylation is 1. The van der Waals surface area contributed by atoms with Gasteiger partial charge in [0.05, 0.1) is 0 Å². The molecule has 0 aliphatic rings. The van der Waals surface area contributed by atoms with Crippen molar-refractivity contribution in [2.24, 2.45) is 0 Å². The maximum Gasteiger partial charge on any atom is 0.119 e. The Morgan fingerprint density at radius 3 is 1.93 bits per heavy atom. The summed E-state index contributed by atoms with van der Waals surface area (Å²) >= 11 is 0. The number of hydrogen-bond donors (Lipinski definition) is 0. The van der Waals surface area contributed by atoms with Crippen molar-refractivity contribution in [3.05, 3.63) is 77.9 Å². The number of ether oxygens (including phenoxy) is 1. The third-order valence-electron chi connectivity index (χ3n) is 4.60. The van der Waals surface area contributed by atoms with E-state index in [9.17, 15) is 0 Å². The Balaban J connectivity index is 1.75. The molecule has 1 nitrogen and oxygen atoms in total. The van der Waals surface area contributed by atoms with Crippen LogP contribution in [0, 0.1) is 11.8 Å². The molecule has 2 rings (SSSR count). The van der Waals surface area contributed by atoms with Gasteiger partial charge in [-0.25, -0.2) is 0 Å². The molecule has 0 unspecified atom stereocenters. The monoisotopic (exact) mass is 360 g/mol. The zero-order valence-corrected chi connectivity index (χ0v) is 16.7. The van der Waals surface area contributed by atoms with Crippen LogP contribution in [-0.2, 0) is 6.42 Å². The minimum atomic E-state index is 0.524. The second-order valence-corrected chi connectivity index (χ2v) is 6.94. The van der Waals surface area contributed by atoms with Gasteiger partial charge in [0.15, 0.2) is 0 Å². The van der Waals surface area contributed by atoms with Crippen LogP contribution in [0.1, 0.15) is 68.6 Å². The Morgan fingerprint density at radius 1 is 0.778 bits per heavy atom. The first-order chi connectivity index (χ1) is 13.3. The molecule has 2 aromatic rings. The Morgan fingerprint density at radius 2 is 1.33 bits per heavy atom. The molecule has 0 radical (unpaired) electrons. The van der Waals surface area contributed by atoms with Crippen molar-refractivity contribution >= 4 is 0 Å². The fourth-order valence-electron chi connectivity index (χ4n) is 2.97. The van der Waals surface area contributed by atoms with E-state index in [0.29, 0.717) is 6.61 Å². The maximum absolute atomic E-state index is 5.48. The molecule has 0 aromatic heterocycles. The van der Waals surface area contributed by atoms with Crippen LogP contribution in [0.3, 0.4) is 0 Å². The first kappa shape index (κ1) is 20.8. The van der Waals surface area contributed by atoms with E-state index in [4.69, 9.17) is 4.74 Å². The second-order valence-electron chi connectivity index (χ2n) is 6.94. The summed E-state index contributed by atoms with van der Waals surface area (Å²) in [5, 5.41) is 0. The molecule has 0 N–H and O–H groups in total. The van der Waals surface area contributed by atoms with Gasteiger partial charge in [0.1, 0.15) is 12.4 Å². The summed E-state index contributed by atoms with van der Waals surface area (Å²) in [4.78, 5) is 0. The minimum Gasteiger partial charge on any atom is -0.490 e. The van der Waals surface area contributed by atoms with Gasteiger partial charge >= 0.3 is 0 Å². The standard InChI is InChI=1S/C26H32O/c1-3-5-6-7-8-9-10-11-23-12-14-24(15-13-23)16-17-25-18-20-26(21-19-25)27-22-4-2/h4,12-15,18-21H,2-3,5-11,22H2,1H3. The quantitative estimate of drug-likeness (QED) is 0.239. The topological polar surface area (TPSA) is 9.23 Å². The lowest BCUT2D eigenvalue weighted by Gasteiger charge is -2.03. The zero-order chi connectivity index (χ0) is 19.2. The van der Waals surface area contributed by atoms with Crippen molar-refractivity contribution in [3.63, 3.8) is 0 Å². The fourth-order valence-corrected chi connectivity index (χ4v) is 2.97. The lowest BCUT2D eigenvalue weighted by molar-refractivity contribution is 0.363. The van der Waals surface area contributed by atoms with Crippen molar-refractivity contribution in [1.82, 2.24) is 0 Å². The van der Waals surface area contributed by atoms with Gasteiger partial charge in [0, 0.05) is 11.1 Å². The lowest BCUT2D eigenvalue weighted by Crippen LogP contribution is -1.92. The van der Waals surface area contributed by atoms with E-state index >= 15 is 0 Å². The van der Waals surface area contributed by atoms with Crippen molar-refractivity contribution in [2.45, 2.75) is 58.3 Å². The normalized spacial score (nSPS) is 10.1. The molecule has 0 aliphatic heterocycles. The molecule has 0 saturated carbocycles. The van der Waals surface area contributed by atoms with Gasteiger partial charge in [-0.05, 0) is 54.8 Å². The van der Waals surface area contributed by atoms with Crippen LogP contribution in [-0.4, -0.2) is 6.61 Å². The van der Waals surface area contributed by atoms with Gasteiger partial charge in [0.25, 0.3) is 0 Å². The van der Waals surface area contributed by atoms with Gasteiger partial charge < -0.3 is 4.74 Å². The first-order valence-electron chi connectivity index (χ1n) is 10.3. The predicted molar refractivity (Wildman–Crippen MR) is 116 cm³/mol. The van der Waals surface area contributed by atoms with Gasteiger partial charge in [0.2, 0.25) is 0 Å². The molecule has 0 atom stereocenters. The van der Waals surface area contributed by atoms with Crippen molar-refractivity contribution in [2.75, 3.05) is 6.61 Å². The highest BCUT2D eigenvalue weighted by molar-refractivity contribution is 5.44. The molecule has 27 heavy (non-hydrogen) atoms. The Labute approximate surface area is 165 Å². The molecule has 0 heterocycles. The summed E-state index contributed by atoms with van der Waals surface area (Å²) in [5.74, 6) is 7.30. The number of unbranched alkanes of at least 4 members (excludes halogenated alkanes) is 6. The molecule has 0 aliphatic carbocycles. The number of rotatable bonds is 11. The molecule has 0 spiro atoms. The third-order valence-corrected chi connectivity index (χ3v) is 4.60. The van der Waals surface area contributed by atoms with E-state index in [1.54, 1.807) is 6.08 Å². The summed E-state index contributed by atoms with van der Waals surface area (Å²) in [6, 6.07) is 16.6. The predicted octanol–water partition coefficient (Wildman–Crippen LogP) is 6.94. The Kier molecular flexibility index (Phi) is 9.90. The molecule has 142 valence electrons.